The highest BCUT2D eigenvalue weighted by Crippen LogP contribution is 2.37. The van der Waals surface area contributed by atoms with Crippen LogP contribution in [-0.4, -0.2) is 76.7 Å². The second-order valence-electron chi connectivity index (χ2n) is 10.5. The molecule has 0 bridgehead atoms. The van der Waals surface area contributed by atoms with Gasteiger partial charge in [0, 0.05) is 23.7 Å². The molecule has 2 aromatic carbocycles. The molecular formula is C31H38Cl2FN3O6. The van der Waals surface area contributed by atoms with Gasteiger partial charge in [0.25, 0.3) is 5.91 Å². The first-order valence-electron chi connectivity index (χ1n) is 13.7. The summed E-state index contributed by atoms with van der Waals surface area (Å²) in [6.07, 6.45) is 1.54. The van der Waals surface area contributed by atoms with Gasteiger partial charge in [-0.05, 0) is 101 Å². The number of halogens is 3. The summed E-state index contributed by atoms with van der Waals surface area (Å²) in [6.45, 7) is 3.25. The molecule has 1 aliphatic carbocycles. The number of aromatic nitrogens is 1. The third-order valence-electron chi connectivity index (χ3n) is 6.85. The number of aryl methyl sites for hydroxylation is 1. The molecule has 1 saturated carbocycles. The Labute approximate surface area is 262 Å². The number of pyridine rings is 1. The second-order valence-corrected chi connectivity index (χ2v) is 10.9. The molecule has 1 aromatic heterocycles. The molecule has 4 rings (SSSR count). The Morgan fingerprint density at radius 3 is 2.33 bits per heavy atom. The minimum atomic E-state index is -1.83. The lowest BCUT2D eigenvalue weighted by molar-refractivity contribution is 0.0863. The van der Waals surface area contributed by atoms with E-state index in [9.17, 15) is 14.3 Å². The zero-order valence-corrected chi connectivity index (χ0v) is 25.9. The molecule has 0 atom stereocenters. The monoisotopic (exact) mass is 637 g/mol. The third-order valence-corrected chi connectivity index (χ3v) is 7.16. The molecule has 1 amide bonds. The topological polar surface area (TPSA) is 132 Å². The number of carbonyl (C=O) groups excluding carboxylic acids is 1. The standard InChI is InChI=1S/C30H35ClFN3O3.CH2O3.ClH/c1-19-17-21(32)6-11-24(19)25-12-14-27(30(37)33-22-7-9-23(36)10-8-22)34-29(25)20-5-13-26(31)28(18-20)38-16-4-15-35(2)3;2-1(3)4;/h5-6,11-14,17-18,22-23,36H,4,7-10,15-16H2,1-3H3,(H,33,37);(H2,2,3,4);1H. The number of hydrogen-bond acceptors (Lipinski definition) is 6. The Kier molecular flexibility index (Phi) is 14.1. The van der Waals surface area contributed by atoms with Gasteiger partial charge in [-0.1, -0.05) is 23.7 Å². The van der Waals surface area contributed by atoms with E-state index in [-0.39, 0.29) is 42.0 Å². The van der Waals surface area contributed by atoms with Gasteiger partial charge in [-0.25, -0.2) is 14.2 Å². The summed E-state index contributed by atoms with van der Waals surface area (Å²) in [5.41, 5.74) is 3.98. The van der Waals surface area contributed by atoms with Crippen molar-refractivity contribution in [2.45, 2.75) is 51.2 Å². The van der Waals surface area contributed by atoms with Crippen molar-refractivity contribution >= 4 is 36.1 Å². The van der Waals surface area contributed by atoms with Crippen LogP contribution >= 0.6 is 24.0 Å². The van der Waals surface area contributed by atoms with Crippen LogP contribution in [-0.2, 0) is 0 Å². The van der Waals surface area contributed by atoms with Crippen LogP contribution < -0.4 is 10.1 Å². The van der Waals surface area contributed by atoms with Gasteiger partial charge in [-0.3, -0.25) is 4.79 Å². The number of amides is 1. The normalized spacial score (nSPS) is 16.0. The number of benzene rings is 2. The van der Waals surface area contributed by atoms with Crippen LogP contribution in [0.4, 0.5) is 9.18 Å². The number of carboxylic acid groups (broad SMARTS) is 2. The number of aliphatic hydroxyl groups excluding tert-OH is 1. The van der Waals surface area contributed by atoms with E-state index < -0.39 is 6.16 Å². The Hall–Kier alpha value is -3.44. The van der Waals surface area contributed by atoms with Gasteiger partial charge in [0.05, 0.1) is 23.4 Å². The Morgan fingerprint density at radius 2 is 1.70 bits per heavy atom. The average molecular weight is 639 g/mol. The SMILES string of the molecule is Cc1cc(F)ccc1-c1ccc(C(=O)NC2CCC(O)CC2)nc1-c1ccc(Cl)c(OCCCN(C)C)c1.Cl.O=C(O)O. The number of carbonyl (C=O) groups is 2. The van der Waals surface area contributed by atoms with Gasteiger partial charge in [-0.2, -0.15) is 0 Å². The predicted molar refractivity (Wildman–Crippen MR) is 167 cm³/mol. The molecule has 4 N–H and O–H groups in total. The van der Waals surface area contributed by atoms with E-state index in [1.54, 1.807) is 18.2 Å². The molecule has 0 spiro atoms. The Balaban J connectivity index is 0.00000121. The molecule has 3 aromatic rings. The molecule has 9 nitrogen and oxygen atoms in total. The van der Waals surface area contributed by atoms with Gasteiger partial charge in [-0.15, -0.1) is 12.4 Å². The van der Waals surface area contributed by atoms with E-state index in [1.165, 1.54) is 12.1 Å². The van der Waals surface area contributed by atoms with Crippen LogP contribution in [0.15, 0.2) is 48.5 Å². The first-order chi connectivity index (χ1) is 19.9. The minimum Gasteiger partial charge on any atom is -0.492 e. The Bertz CT molecular complexity index is 1380. The van der Waals surface area contributed by atoms with E-state index >= 15 is 0 Å². The lowest BCUT2D eigenvalue weighted by atomic mass is 9.93. The molecule has 1 heterocycles. The van der Waals surface area contributed by atoms with Gasteiger partial charge < -0.3 is 30.3 Å². The van der Waals surface area contributed by atoms with Crippen molar-refractivity contribution in [2.24, 2.45) is 0 Å². The fourth-order valence-electron chi connectivity index (χ4n) is 4.76. The molecule has 0 radical (unpaired) electrons. The first kappa shape index (κ1) is 35.8. The molecule has 0 aliphatic heterocycles. The highest BCUT2D eigenvalue weighted by Gasteiger charge is 2.23. The maximum absolute atomic E-state index is 13.9. The third kappa shape index (κ3) is 11.0. The van der Waals surface area contributed by atoms with Gasteiger partial charge in [0.15, 0.2) is 0 Å². The lowest BCUT2D eigenvalue weighted by Crippen LogP contribution is -2.38. The molecule has 43 heavy (non-hydrogen) atoms. The van der Waals surface area contributed by atoms with Gasteiger partial charge >= 0.3 is 6.16 Å². The van der Waals surface area contributed by atoms with Crippen LogP contribution in [0.2, 0.25) is 5.02 Å². The maximum Gasteiger partial charge on any atom is 0.503 e. The number of nitrogens with zero attached hydrogens (tertiary/aromatic N) is 2. The molecular weight excluding hydrogens is 600 g/mol. The van der Waals surface area contributed by atoms with Crippen molar-refractivity contribution < 1.29 is 34.0 Å². The van der Waals surface area contributed by atoms with Crippen molar-refractivity contribution in [3.63, 3.8) is 0 Å². The summed E-state index contributed by atoms with van der Waals surface area (Å²) < 4.78 is 19.9. The van der Waals surface area contributed by atoms with Crippen molar-refractivity contribution in [1.82, 2.24) is 15.2 Å². The minimum absolute atomic E-state index is 0. The lowest BCUT2D eigenvalue weighted by Gasteiger charge is -2.26. The van der Waals surface area contributed by atoms with E-state index in [4.69, 9.17) is 36.3 Å². The largest absolute Gasteiger partial charge is 0.503 e. The summed E-state index contributed by atoms with van der Waals surface area (Å²) in [4.78, 5) is 28.6. The molecule has 0 unspecified atom stereocenters. The van der Waals surface area contributed by atoms with Crippen LogP contribution in [0, 0.1) is 12.7 Å². The van der Waals surface area contributed by atoms with E-state index in [0.29, 0.717) is 35.9 Å². The van der Waals surface area contributed by atoms with Gasteiger partial charge in [0.2, 0.25) is 0 Å². The molecule has 12 heteroatoms. The van der Waals surface area contributed by atoms with Crippen molar-refractivity contribution in [1.29, 1.82) is 0 Å². The number of ether oxygens (including phenoxy) is 1. The zero-order valence-electron chi connectivity index (χ0n) is 24.3. The molecule has 0 saturated heterocycles. The summed E-state index contributed by atoms with van der Waals surface area (Å²) in [5, 5.41) is 27.3. The number of rotatable bonds is 9. The summed E-state index contributed by atoms with van der Waals surface area (Å²) in [5.74, 6) is -0.0273. The van der Waals surface area contributed by atoms with Crippen molar-refractivity contribution in [3.8, 4) is 28.1 Å². The average Bonchev–Trinajstić information content (AvgIpc) is 2.93. The summed E-state index contributed by atoms with van der Waals surface area (Å²) in [6, 6.07) is 13.7. The fraction of sp³-hybridized carbons (Fsp3) is 0.387. The molecule has 1 fully saturated rings. The van der Waals surface area contributed by atoms with Crippen LogP contribution in [0.1, 0.15) is 48.2 Å². The number of nitrogens with one attached hydrogen (secondary N) is 1. The van der Waals surface area contributed by atoms with E-state index in [2.05, 4.69) is 10.2 Å². The predicted octanol–water partition coefficient (Wildman–Crippen LogP) is 6.52. The summed E-state index contributed by atoms with van der Waals surface area (Å²) in [7, 11) is 4.03. The van der Waals surface area contributed by atoms with Crippen LogP contribution in [0.3, 0.4) is 0 Å². The van der Waals surface area contributed by atoms with E-state index in [1.807, 2.05) is 39.2 Å². The second kappa shape index (κ2) is 17.0. The zero-order chi connectivity index (χ0) is 30.8. The van der Waals surface area contributed by atoms with Crippen molar-refractivity contribution in [2.75, 3.05) is 27.2 Å². The quantitative estimate of drug-likeness (QED) is 0.195. The molecule has 234 valence electrons. The highest BCUT2D eigenvalue weighted by molar-refractivity contribution is 6.32. The first-order valence-corrected chi connectivity index (χ1v) is 14.1. The number of hydrogen-bond donors (Lipinski definition) is 4. The smallest absolute Gasteiger partial charge is 0.492 e. The number of aliphatic hydroxyl groups is 1. The Morgan fingerprint density at radius 1 is 1.05 bits per heavy atom. The maximum atomic E-state index is 13.9. The van der Waals surface area contributed by atoms with Crippen LogP contribution in [0.5, 0.6) is 5.75 Å². The highest BCUT2D eigenvalue weighted by atomic mass is 35.5. The molecule has 1 aliphatic rings. The fourth-order valence-corrected chi connectivity index (χ4v) is 4.93. The van der Waals surface area contributed by atoms with Crippen molar-refractivity contribution in [3.05, 3.63) is 70.6 Å². The summed E-state index contributed by atoms with van der Waals surface area (Å²) >= 11 is 6.45. The van der Waals surface area contributed by atoms with Gasteiger partial charge in [0.1, 0.15) is 17.3 Å². The van der Waals surface area contributed by atoms with E-state index in [0.717, 1.165) is 48.1 Å². The van der Waals surface area contributed by atoms with Crippen LogP contribution in [0.25, 0.3) is 22.4 Å².